The van der Waals surface area contributed by atoms with E-state index in [2.05, 4.69) is 45.5 Å². The van der Waals surface area contributed by atoms with Gasteiger partial charge >= 0.3 is 0 Å². The van der Waals surface area contributed by atoms with Crippen LogP contribution in [0.1, 0.15) is 24.6 Å². The maximum Gasteiger partial charge on any atom is 0.152 e. The SMILES string of the molecule is CCCc1nnsc1-c1nc2ccc(C)cc2[nH]1. The van der Waals surface area contributed by atoms with Crippen molar-refractivity contribution in [1.82, 2.24) is 19.6 Å². The van der Waals surface area contributed by atoms with E-state index in [1.165, 1.54) is 17.1 Å². The second-order valence-corrected chi connectivity index (χ2v) is 5.16. The molecule has 2 aromatic heterocycles. The number of hydrogen-bond acceptors (Lipinski definition) is 4. The maximum absolute atomic E-state index is 4.61. The number of nitrogens with zero attached hydrogens (tertiary/aromatic N) is 3. The van der Waals surface area contributed by atoms with Crippen LogP contribution >= 0.6 is 11.5 Å². The van der Waals surface area contributed by atoms with Crippen LogP contribution in [0, 0.1) is 6.92 Å². The molecule has 2 heterocycles. The molecule has 0 spiro atoms. The average Bonchev–Trinajstić information content (AvgIpc) is 2.94. The lowest BCUT2D eigenvalue weighted by Gasteiger charge is -1.94. The van der Waals surface area contributed by atoms with Gasteiger partial charge in [0.2, 0.25) is 0 Å². The molecule has 0 aliphatic rings. The Morgan fingerprint density at radius 3 is 3.06 bits per heavy atom. The number of aromatic nitrogens is 4. The summed E-state index contributed by atoms with van der Waals surface area (Å²) in [6.07, 6.45) is 2.01. The molecule has 1 N–H and O–H groups in total. The number of hydrogen-bond donors (Lipinski definition) is 1. The van der Waals surface area contributed by atoms with Gasteiger partial charge in [-0.05, 0) is 42.6 Å². The number of aromatic amines is 1. The monoisotopic (exact) mass is 258 g/mol. The zero-order valence-corrected chi connectivity index (χ0v) is 11.2. The average molecular weight is 258 g/mol. The number of imidazole rings is 1. The highest BCUT2D eigenvalue weighted by atomic mass is 32.1. The number of nitrogens with one attached hydrogen (secondary N) is 1. The van der Waals surface area contributed by atoms with E-state index >= 15 is 0 Å². The summed E-state index contributed by atoms with van der Waals surface area (Å²) in [4.78, 5) is 9.03. The standard InChI is InChI=1S/C13H14N4S/c1-3-4-10-12(18-17-16-10)13-14-9-6-5-8(2)7-11(9)15-13/h5-7H,3-4H2,1-2H3,(H,14,15). The van der Waals surface area contributed by atoms with Gasteiger partial charge in [0.1, 0.15) is 4.88 Å². The molecular formula is C13H14N4S. The number of fused-ring (bicyclic) bond motifs is 1. The molecule has 0 bridgehead atoms. The largest absolute Gasteiger partial charge is 0.337 e. The minimum absolute atomic E-state index is 0.883. The molecule has 0 amide bonds. The third kappa shape index (κ3) is 1.90. The molecule has 0 saturated heterocycles. The summed E-state index contributed by atoms with van der Waals surface area (Å²) in [6.45, 7) is 4.22. The molecule has 18 heavy (non-hydrogen) atoms. The molecule has 92 valence electrons. The summed E-state index contributed by atoms with van der Waals surface area (Å²) in [5, 5.41) is 4.18. The Balaban J connectivity index is 2.10. The fourth-order valence-corrected chi connectivity index (χ4v) is 2.67. The molecule has 5 heteroatoms. The number of benzene rings is 1. The molecule has 3 rings (SSSR count). The van der Waals surface area contributed by atoms with E-state index in [0.717, 1.165) is 40.3 Å². The van der Waals surface area contributed by atoms with E-state index in [4.69, 9.17) is 0 Å². The van der Waals surface area contributed by atoms with Crippen molar-refractivity contribution < 1.29 is 0 Å². The third-order valence-electron chi connectivity index (χ3n) is 2.90. The normalized spacial score (nSPS) is 11.2. The van der Waals surface area contributed by atoms with Gasteiger partial charge in [0.05, 0.1) is 16.7 Å². The first kappa shape index (κ1) is 11.3. The molecule has 3 aromatic rings. The van der Waals surface area contributed by atoms with Crippen LogP contribution in [0.5, 0.6) is 0 Å². The van der Waals surface area contributed by atoms with Crippen molar-refractivity contribution in [2.75, 3.05) is 0 Å². The lowest BCUT2D eigenvalue weighted by atomic mass is 10.2. The third-order valence-corrected chi connectivity index (χ3v) is 3.67. The molecule has 0 aliphatic carbocycles. The summed E-state index contributed by atoms with van der Waals surface area (Å²) in [7, 11) is 0. The van der Waals surface area contributed by atoms with Crippen LogP contribution in [-0.4, -0.2) is 19.6 Å². The second-order valence-electron chi connectivity index (χ2n) is 4.40. The fraction of sp³-hybridized carbons (Fsp3) is 0.308. The highest BCUT2D eigenvalue weighted by molar-refractivity contribution is 7.09. The van der Waals surface area contributed by atoms with Crippen molar-refractivity contribution in [3.63, 3.8) is 0 Å². The molecule has 0 unspecified atom stereocenters. The zero-order chi connectivity index (χ0) is 12.5. The van der Waals surface area contributed by atoms with Gasteiger partial charge in [-0.2, -0.15) is 0 Å². The van der Waals surface area contributed by atoms with Crippen molar-refractivity contribution in [3.8, 4) is 10.7 Å². The second kappa shape index (κ2) is 4.49. The van der Waals surface area contributed by atoms with E-state index < -0.39 is 0 Å². The lowest BCUT2D eigenvalue weighted by Crippen LogP contribution is -1.88. The Morgan fingerprint density at radius 1 is 1.33 bits per heavy atom. The summed E-state index contributed by atoms with van der Waals surface area (Å²) in [5.41, 5.74) is 4.33. The highest BCUT2D eigenvalue weighted by Crippen LogP contribution is 2.26. The summed E-state index contributed by atoms with van der Waals surface area (Å²) in [6, 6.07) is 6.23. The number of H-pyrrole nitrogens is 1. The Labute approximate surface area is 109 Å². The molecular weight excluding hydrogens is 244 g/mol. The van der Waals surface area contributed by atoms with Crippen molar-refractivity contribution >= 4 is 22.6 Å². The first-order chi connectivity index (χ1) is 8.78. The lowest BCUT2D eigenvalue weighted by molar-refractivity contribution is 0.870. The van der Waals surface area contributed by atoms with E-state index in [1.807, 2.05) is 6.07 Å². The van der Waals surface area contributed by atoms with E-state index in [1.54, 1.807) is 0 Å². The predicted octanol–water partition coefficient (Wildman–Crippen LogP) is 3.34. The molecule has 4 nitrogen and oxygen atoms in total. The van der Waals surface area contributed by atoms with Crippen LogP contribution in [0.4, 0.5) is 0 Å². The molecule has 0 radical (unpaired) electrons. The van der Waals surface area contributed by atoms with Crippen LogP contribution in [0.15, 0.2) is 18.2 Å². The molecule has 1 aromatic carbocycles. The number of aryl methyl sites for hydroxylation is 2. The van der Waals surface area contributed by atoms with E-state index in [9.17, 15) is 0 Å². The zero-order valence-electron chi connectivity index (χ0n) is 10.4. The van der Waals surface area contributed by atoms with Crippen molar-refractivity contribution in [2.45, 2.75) is 26.7 Å². The van der Waals surface area contributed by atoms with Gasteiger partial charge in [-0.3, -0.25) is 0 Å². The quantitative estimate of drug-likeness (QED) is 0.784. The van der Waals surface area contributed by atoms with Crippen LogP contribution < -0.4 is 0 Å². The Morgan fingerprint density at radius 2 is 2.22 bits per heavy atom. The summed E-state index contributed by atoms with van der Waals surface area (Å²) in [5.74, 6) is 0.883. The minimum Gasteiger partial charge on any atom is -0.337 e. The predicted molar refractivity (Wildman–Crippen MR) is 73.7 cm³/mol. The van der Waals surface area contributed by atoms with Gasteiger partial charge in [-0.15, -0.1) is 5.10 Å². The van der Waals surface area contributed by atoms with E-state index in [0.29, 0.717) is 0 Å². The van der Waals surface area contributed by atoms with Crippen LogP contribution in [0.3, 0.4) is 0 Å². The Kier molecular flexibility index (Phi) is 2.83. The van der Waals surface area contributed by atoms with Gasteiger partial charge < -0.3 is 4.98 Å². The highest BCUT2D eigenvalue weighted by Gasteiger charge is 2.13. The number of rotatable bonds is 3. The van der Waals surface area contributed by atoms with Gasteiger partial charge in [0.25, 0.3) is 0 Å². The van der Waals surface area contributed by atoms with Gasteiger partial charge in [0, 0.05) is 0 Å². The summed E-state index contributed by atoms with van der Waals surface area (Å²) >= 11 is 1.41. The van der Waals surface area contributed by atoms with Crippen LogP contribution in [0.25, 0.3) is 21.7 Å². The Bertz CT molecular complexity index is 683. The van der Waals surface area contributed by atoms with Crippen LogP contribution in [0.2, 0.25) is 0 Å². The first-order valence-electron chi connectivity index (χ1n) is 6.06. The van der Waals surface area contributed by atoms with E-state index in [-0.39, 0.29) is 0 Å². The molecule has 0 fully saturated rings. The van der Waals surface area contributed by atoms with Crippen molar-refractivity contribution in [2.24, 2.45) is 0 Å². The Hall–Kier alpha value is -1.75. The molecule has 0 aliphatic heterocycles. The molecule has 0 saturated carbocycles. The van der Waals surface area contributed by atoms with Gasteiger partial charge in [-0.1, -0.05) is 23.9 Å². The topological polar surface area (TPSA) is 54.5 Å². The smallest absolute Gasteiger partial charge is 0.152 e. The molecule has 0 atom stereocenters. The fourth-order valence-electron chi connectivity index (χ4n) is 2.02. The van der Waals surface area contributed by atoms with Crippen LogP contribution in [-0.2, 0) is 6.42 Å². The minimum atomic E-state index is 0.883. The first-order valence-corrected chi connectivity index (χ1v) is 6.83. The maximum atomic E-state index is 4.61. The van der Waals surface area contributed by atoms with Crippen molar-refractivity contribution in [1.29, 1.82) is 0 Å². The van der Waals surface area contributed by atoms with Crippen molar-refractivity contribution in [3.05, 3.63) is 29.5 Å². The van der Waals surface area contributed by atoms with Gasteiger partial charge in [-0.25, -0.2) is 4.98 Å². The summed E-state index contributed by atoms with van der Waals surface area (Å²) < 4.78 is 4.04. The van der Waals surface area contributed by atoms with Gasteiger partial charge in [0.15, 0.2) is 5.82 Å².